The quantitative estimate of drug-likeness (QED) is 0.621. The lowest BCUT2D eigenvalue weighted by atomic mass is 10.2. The van der Waals surface area contributed by atoms with Crippen LogP contribution in [0.15, 0.2) is 48.7 Å². The molecule has 0 amide bonds. The van der Waals surface area contributed by atoms with Gasteiger partial charge in [0.05, 0.1) is 0 Å². The second-order valence-electron chi connectivity index (χ2n) is 4.05. The summed E-state index contributed by atoms with van der Waals surface area (Å²) in [6.07, 6.45) is 1.75. The van der Waals surface area contributed by atoms with Crippen LogP contribution in [-0.4, -0.2) is 9.38 Å². The van der Waals surface area contributed by atoms with Crippen molar-refractivity contribution >= 4 is 5.65 Å². The molecule has 0 bridgehead atoms. The van der Waals surface area contributed by atoms with Gasteiger partial charge >= 0.3 is 0 Å². The van der Waals surface area contributed by atoms with Crippen molar-refractivity contribution < 1.29 is 4.39 Å². The Morgan fingerprint density at radius 3 is 2.59 bits per heavy atom. The molecule has 1 aromatic carbocycles. The van der Waals surface area contributed by atoms with E-state index >= 15 is 0 Å². The van der Waals surface area contributed by atoms with Gasteiger partial charge in [-0.1, -0.05) is 36.4 Å². The third kappa shape index (κ3) is 1.60. The number of aromatic nitrogens is 2. The summed E-state index contributed by atoms with van der Waals surface area (Å²) in [4.78, 5) is 4.31. The van der Waals surface area contributed by atoms with Crippen LogP contribution < -0.4 is 0 Å². The summed E-state index contributed by atoms with van der Waals surface area (Å²) in [5, 5.41) is 0. The molecular formula is C14H11FN2. The molecule has 0 saturated heterocycles. The molecule has 17 heavy (non-hydrogen) atoms. The first-order valence-corrected chi connectivity index (χ1v) is 5.45. The van der Waals surface area contributed by atoms with Crippen molar-refractivity contribution in [3.63, 3.8) is 0 Å². The molecule has 0 atom stereocenters. The Bertz CT molecular complexity index is 671. The molecule has 3 rings (SSSR count). The summed E-state index contributed by atoms with van der Waals surface area (Å²) in [7, 11) is 0. The van der Waals surface area contributed by atoms with E-state index in [2.05, 4.69) is 4.98 Å². The topological polar surface area (TPSA) is 17.3 Å². The molecule has 3 heteroatoms. The van der Waals surface area contributed by atoms with E-state index in [1.807, 2.05) is 49.4 Å². The normalized spacial score (nSPS) is 10.9. The van der Waals surface area contributed by atoms with E-state index in [0.29, 0.717) is 11.3 Å². The predicted octanol–water partition coefficient (Wildman–Crippen LogP) is 3.45. The highest BCUT2D eigenvalue weighted by Crippen LogP contribution is 2.23. The first-order chi connectivity index (χ1) is 8.25. The zero-order chi connectivity index (χ0) is 11.8. The van der Waals surface area contributed by atoms with Gasteiger partial charge in [-0.25, -0.2) is 4.98 Å². The largest absolute Gasteiger partial charge is 0.276 e. The maximum atomic E-state index is 14.2. The van der Waals surface area contributed by atoms with Crippen molar-refractivity contribution in [1.29, 1.82) is 0 Å². The van der Waals surface area contributed by atoms with Crippen LogP contribution in [-0.2, 0) is 0 Å². The van der Waals surface area contributed by atoms with Gasteiger partial charge in [-0.15, -0.1) is 0 Å². The van der Waals surface area contributed by atoms with Gasteiger partial charge in [0.1, 0.15) is 11.3 Å². The lowest BCUT2D eigenvalue weighted by Gasteiger charge is -1.96. The summed E-state index contributed by atoms with van der Waals surface area (Å²) in [6.45, 7) is 1.93. The summed E-state index contributed by atoms with van der Waals surface area (Å²) in [6, 6.07) is 13.1. The van der Waals surface area contributed by atoms with Gasteiger partial charge in [0.15, 0.2) is 0 Å². The third-order valence-corrected chi connectivity index (χ3v) is 2.76. The number of rotatable bonds is 1. The average molecular weight is 226 g/mol. The van der Waals surface area contributed by atoms with Gasteiger partial charge in [0.25, 0.3) is 0 Å². The fourth-order valence-electron chi connectivity index (χ4n) is 1.90. The van der Waals surface area contributed by atoms with Crippen LogP contribution in [0.2, 0.25) is 0 Å². The van der Waals surface area contributed by atoms with E-state index in [-0.39, 0.29) is 5.95 Å². The molecule has 2 heterocycles. The second kappa shape index (κ2) is 3.70. The lowest BCUT2D eigenvalue weighted by Crippen LogP contribution is -1.89. The summed E-state index contributed by atoms with van der Waals surface area (Å²) < 4.78 is 15.7. The van der Waals surface area contributed by atoms with Crippen molar-refractivity contribution in [2.45, 2.75) is 6.92 Å². The highest BCUT2D eigenvalue weighted by molar-refractivity contribution is 5.63. The highest BCUT2D eigenvalue weighted by Gasteiger charge is 2.12. The van der Waals surface area contributed by atoms with E-state index in [1.165, 1.54) is 4.40 Å². The molecular weight excluding hydrogens is 215 g/mol. The van der Waals surface area contributed by atoms with E-state index in [1.54, 1.807) is 6.20 Å². The monoisotopic (exact) mass is 226 g/mol. The molecule has 0 fully saturated rings. The number of halogens is 1. The van der Waals surface area contributed by atoms with Crippen LogP contribution in [0, 0.1) is 12.9 Å². The Hall–Kier alpha value is -2.16. The van der Waals surface area contributed by atoms with Crippen LogP contribution in [0.4, 0.5) is 4.39 Å². The summed E-state index contributed by atoms with van der Waals surface area (Å²) in [5.41, 5.74) is 2.84. The molecule has 0 unspecified atom stereocenters. The van der Waals surface area contributed by atoms with Crippen LogP contribution in [0.3, 0.4) is 0 Å². The van der Waals surface area contributed by atoms with Crippen molar-refractivity contribution in [3.05, 3.63) is 60.2 Å². The van der Waals surface area contributed by atoms with E-state index in [0.717, 1.165) is 11.1 Å². The van der Waals surface area contributed by atoms with Crippen LogP contribution in [0.5, 0.6) is 0 Å². The maximum Gasteiger partial charge on any atom is 0.226 e. The number of fused-ring (bicyclic) bond motifs is 1. The Morgan fingerprint density at radius 1 is 1.06 bits per heavy atom. The van der Waals surface area contributed by atoms with Gasteiger partial charge in [-0.2, -0.15) is 4.39 Å². The van der Waals surface area contributed by atoms with Crippen LogP contribution >= 0.6 is 0 Å². The SMILES string of the molecule is Cc1ccc2nc(-c3ccccc3)c(F)n2c1. The molecule has 0 spiro atoms. The fraction of sp³-hybridized carbons (Fsp3) is 0.0714. The third-order valence-electron chi connectivity index (χ3n) is 2.76. The van der Waals surface area contributed by atoms with Gasteiger partial charge in [0, 0.05) is 11.8 Å². The van der Waals surface area contributed by atoms with Crippen molar-refractivity contribution in [1.82, 2.24) is 9.38 Å². The molecule has 0 aliphatic carbocycles. The zero-order valence-electron chi connectivity index (χ0n) is 9.39. The minimum Gasteiger partial charge on any atom is -0.276 e. The maximum absolute atomic E-state index is 14.2. The number of benzene rings is 1. The number of hydrogen-bond donors (Lipinski definition) is 0. The molecule has 2 nitrogen and oxygen atoms in total. The molecule has 0 saturated carbocycles. The Balaban J connectivity index is 2.28. The molecule has 0 radical (unpaired) electrons. The lowest BCUT2D eigenvalue weighted by molar-refractivity contribution is 0.576. The average Bonchev–Trinajstić information content (AvgIpc) is 2.68. The van der Waals surface area contributed by atoms with Crippen LogP contribution in [0.25, 0.3) is 16.9 Å². The standard InChI is InChI=1S/C14H11FN2/c1-10-7-8-12-16-13(14(15)17(12)9-10)11-5-3-2-4-6-11/h2-9H,1H3. The molecule has 3 aromatic rings. The van der Waals surface area contributed by atoms with Gasteiger partial charge < -0.3 is 0 Å². The first kappa shape index (κ1) is 10.0. The number of pyridine rings is 1. The van der Waals surface area contributed by atoms with Crippen molar-refractivity contribution in [2.24, 2.45) is 0 Å². The molecule has 2 aromatic heterocycles. The Kier molecular flexibility index (Phi) is 2.18. The Morgan fingerprint density at radius 2 is 1.82 bits per heavy atom. The molecule has 0 aliphatic rings. The van der Waals surface area contributed by atoms with Crippen molar-refractivity contribution in [3.8, 4) is 11.3 Å². The minimum atomic E-state index is -0.310. The number of imidazole rings is 1. The van der Waals surface area contributed by atoms with Gasteiger partial charge in [0.2, 0.25) is 5.95 Å². The van der Waals surface area contributed by atoms with E-state index in [4.69, 9.17) is 0 Å². The van der Waals surface area contributed by atoms with E-state index in [9.17, 15) is 4.39 Å². The Labute approximate surface area is 98.4 Å². The minimum absolute atomic E-state index is 0.310. The zero-order valence-corrected chi connectivity index (χ0v) is 9.39. The van der Waals surface area contributed by atoms with Crippen LogP contribution in [0.1, 0.15) is 5.56 Å². The summed E-state index contributed by atoms with van der Waals surface area (Å²) in [5.74, 6) is -0.310. The summed E-state index contributed by atoms with van der Waals surface area (Å²) >= 11 is 0. The molecule has 84 valence electrons. The molecule has 0 N–H and O–H groups in total. The van der Waals surface area contributed by atoms with Gasteiger partial charge in [-0.3, -0.25) is 4.40 Å². The molecule has 0 aliphatic heterocycles. The van der Waals surface area contributed by atoms with Gasteiger partial charge in [-0.05, 0) is 18.6 Å². The number of hydrogen-bond acceptors (Lipinski definition) is 1. The first-order valence-electron chi connectivity index (χ1n) is 5.45. The number of nitrogens with zero attached hydrogens (tertiary/aromatic N) is 2. The fourth-order valence-corrected chi connectivity index (χ4v) is 1.90. The number of aryl methyl sites for hydroxylation is 1. The highest BCUT2D eigenvalue weighted by atomic mass is 19.1. The smallest absolute Gasteiger partial charge is 0.226 e. The predicted molar refractivity (Wildman–Crippen MR) is 65.3 cm³/mol. The second-order valence-corrected chi connectivity index (χ2v) is 4.05. The van der Waals surface area contributed by atoms with E-state index < -0.39 is 0 Å². The van der Waals surface area contributed by atoms with Crippen molar-refractivity contribution in [2.75, 3.05) is 0 Å².